The number of benzene rings is 1. The summed E-state index contributed by atoms with van der Waals surface area (Å²) in [5, 5.41) is 2.98. The van der Waals surface area contributed by atoms with E-state index >= 15 is 0 Å². The molecule has 0 heterocycles. The molecule has 0 aromatic heterocycles. The van der Waals surface area contributed by atoms with E-state index in [9.17, 15) is 8.42 Å². The summed E-state index contributed by atoms with van der Waals surface area (Å²) < 4.78 is 22.9. The Bertz CT molecular complexity index is 420. The largest absolute Gasteiger partial charge is 0.388 e. The van der Waals surface area contributed by atoms with Gasteiger partial charge in [-0.15, -0.1) is 6.58 Å². The molecule has 15 heavy (non-hydrogen) atoms. The maximum Gasteiger partial charge on any atom is 0.157 e. The summed E-state index contributed by atoms with van der Waals surface area (Å²) in [6.45, 7) is 3.43. The monoisotopic (exact) mass is 225 g/mol. The lowest BCUT2D eigenvalue weighted by atomic mass is 10.2. The smallest absolute Gasteiger partial charge is 0.157 e. The van der Waals surface area contributed by atoms with E-state index in [0.717, 1.165) is 11.3 Å². The molecule has 4 heteroatoms. The molecule has 0 radical (unpaired) electrons. The van der Waals surface area contributed by atoms with Crippen molar-refractivity contribution in [3.8, 4) is 0 Å². The third-order valence-electron chi connectivity index (χ3n) is 2.00. The van der Waals surface area contributed by atoms with Crippen LogP contribution in [0.5, 0.6) is 0 Å². The number of hydrogen-bond donors (Lipinski definition) is 1. The van der Waals surface area contributed by atoms with Crippen molar-refractivity contribution in [3.05, 3.63) is 42.5 Å². The van der Waals surface area contributed by atoms with Gasteiger partial charge in [-0.2, -0.15) is 0 Å². The highest BCUT2D eigenvalue weighted by atomic mass is 32.2. The molecule has 0 unspecified atom stereocenters. The van der Waals surface area contributed by atoms with Gasteiger partial charge in [-0.3, -0.25) is 0 Å². The minimum Gasteiger partial charge on any atom is -0.388 e. The molecule has 0 aliphatic heterocycles. The molecule has 3 nitrogen and oxygen atoms in total. The first-order chi connectivity index (χ1) is 7.07. The third kappa shape index (κ3) is 3.75. The van der Waals surface area contributed by atoms with Gasteiger partial charge in [0.15, 0.2) is 9.84 Å². The normalized spacial score (nSPS) is 11.0. The van der Waals surface area contributed by atoms with E-state index in [-0.39, 0.29) is 11.5 Å². The van der Waals surface area contributed by atoms with Crippen LogP contribution in [0.15, 0.2) is 36.9 Å². The fraction of sp³-hybridized carbons (Fsp3) is 0.273. The quantitative estimate of drug-likeness (QED) is 0.778. The Hall–Kier alpha value is -1.29. The van der Waals surface area contributed by atoms with Gasteiger partial charge in [0.2, 0.25) is 0 Å². The molecule has 0 atom stereocenters. The molecule has 82 valence electrons. The maximum absolute atomic E-state index is 11.5. The average molecular weight is 225 g/mol. The molecular weight excluding hydrogens is 210 g/mol. The lowest BCUT2D eigenvalue weighted by molar-refractivity contribution is 0.598. The van der Waals surface area contributed by atoms with Crippen molar-refractivity contribution < 1.29 is 8.42 Å². The molecule has 0 fully saturated rings. The Morgan fingerprint density at radius 3 is 2.40 bits per heavy atom. The molecule has 0 amide bonds. The summed E-state index contributed by atoms with van der Waals surface area (Å²) in [5.74, 6) is 0.101. The van der Waals surface area contributed by atoms with Crippen LogP contribution in [-0.4, -0.2) is 21.2 Å². The lowest BCUT2D eigenvalue weighted by Crippen LogP contribution is -2.07. The average Bonchev–Trinajstić information content (AvgIpc) is 2.18. The van der Waals surface area contributed by atoms with E-state index in [0.29, 0.717) is 0 Å². The zero-order valence-corrected chi connectivity index (χ0v) is 9.55. The van der Waals surface area contributed by atoms with Gasteiger partial charge in [-0.05, 0) is 17.7 Å². The van der Waals surface area contributed by atoms with E-state index in [2.05, 4.69) is 11.9 Å². The summed E-state index contributed by atoms with van der Waals surface area (Å²) >= 11 is 0. The van der Waals surface area contributed by atoms with E-state index in [4.69, 9.17) is 0 Å². The first-order valence-corrected chi connectivity index (χ1v) is 6.47. The summed E-state index contributed by atoms with van der Waals surface area (Å²) in [6.07, 6.45) is 1.41. The number of sulfone groups is 1. The second-order valence-corrected chi connectivity index (χ2v) is 5.40. The Morgan fingerprint density at radius 1 is 1.33 bits per heavy atom. The van der Waals surface area contributed by atoms with Gasteiger partial charge in [-0.1, -0.05) is 18.2 Å². The minimum atomic E-state index is -3.04. The first kappa shape index (κ1) is 11.8. The van der Waals surface area contributed by atoms with Gasteiger partial charge < -0.3 is 5.32 Å². The van der Waals surface area contributed by atoms with E-state index in [1.54, 1.807) is 0 Å². The zero-order valence-electron chi connectivity index (χ0n) is 8.73. The molecule has 0 saturated heterocycles. The molecule has 0 aliphatic carbocycles. The van der Waals surface area contributed by atoms with Crippen LogP contribution in [0.3, 0.4) is 0 Å². The lowest BCUT2D eigenvalue weighted by Gasteiger charge is -2.03. The van der Waals surface area contributed by atoms with Crippen molar-refractivity contribution in [1.29, 1.82) is 0 Å². The van der Waals surface area contributed by atoms with Crippen LogP contribution in [0.2, 0.25) is 0 Å². The number of rotatable bonds is 5. The van der Waals surface area contributed by atoms with Crippen molar-refractivity contribution >= 4 is 15.5 Å². The van der Waals surface area contributed by atoms with Gasteiger partial charge in [0.05, 0.1) is 11.5 Å². The maximum atomic E-state index is 11.5. The fourth-order valence-corrected chi connectivity index (χ4v) is 2.44. The summed E-state index contributed by atoms with van der Waals surface area (Å²) in [6, 6.07) is 7.34. The summed E-state index contributed by atoms with van der Waals surface area (Å²) in [4.78, 5) is 0. The van der Waals surface area contributed by atoms with Crippen molar-refractivity contribution in [1.82, 2.24) is 0 Å². The van der Waals surface area contributed by atoms with Crippen LogP contribution >= 0.6 is 0 Å². The van der Waals surface area contributed by atoms with Gasteiger partial charge in [0, 0.05) is 12.7 Å². The van der Waals surface area contributed by atoms with E-state index in [1.165, 1.54) is 6.08 Å². The topological polar surface area (TPSA) is 46.2 Å². The predicted molar refractivity (Wildman–Crippen MR) is 63.7 cm³/mol. The highest BCUT2D eigenvalue weighted by Gasteiger charge is 2.09. The Kier molecular flexibility index (Phi) is 3.91. The fourth-order valence-electron chi connectivity index (χ4n) is 1.26. The highest BCUT2D eigenvalue weighted by molar-refractivity contribution is 7.90. The van der Waals surface area contributed by atoms with Crippen LogP contribution in [0.4, 0.5) is 5.69 Å². The Morgan fingerprint density at radius 2 is 1.93 bits per heavy atom. The Labute approximate surface area is 90.7 Å². The Balaban J connectivity index is 2.77. The van der Waals surface area contributed by atoms with Gasteiger partial charge in [0.25, 0.3) is 0 Å². The molecule has 0 spiro atoms. The van der Waals surface area contributed by atoms with Gasteiger partial charge in [-0.25, -0.2) is 8.42 Å². The second kappa shape index (κ2) is 4.98. The minimum absolute atomic E-state index is 0.0286. The van der Waals surface area contributed by atoms with Crippen LogP contribution in [0.25, 0.3) is 0 Å². The SMILES string of the molecule is C=CCS(=O)(=O)Cc1ccc(NC)cc1. The predicted octanol–water partition coefficient (Wildman–Crippen LogP) is 1.83. The van der Waals surface area contributed by atoms with Crippen LogP contribution < -0.4 is 5.32 Å². The van der Waals surface area contributed by atoms with Crippen molar-refractivity contribution in [2.24, 2.45) is 0 Å². The summed E-state index contributed by atoms with van der Waals surface area (Å²) in [5.41, 5.74) is 1.77. The van der Waals surface area contributed by atoms with E-state index in [1.807, 2.05) is 31.3 Å². The van der Waals surface area contributed by atoms with Gasteiger partial charge >= 0.3 is 0 Å². The molecule has 1 aromatic rings. The molecule has 1 rings (SSSR count). The van der Waals surface area contributed by atoms with Crippen molar-refractivity contribution in [2.75, 3.05) is 18.1 Å². The third-order valence-corrected chi connectivity index (χ3v) is 3.52. The molecular formula is C11H15NO2S. The van der Waals surface area contributed by atoms with Gasteiger partial charge in [0.1, 0.15) is 0 Å². The summed E-state index contributed by atoms with van der Waals surface area (Å²) in [7, 11) is -1.22. The molecule has 1 aromatic carbocycles. The van der Waals surface area contributed by atoms with Crippen LogP contribution in [0, 0.1) is 0 Å². The molecule has 1 N–H and O–H groups in total. The number of anilines is 1. The number of nitrogens with one attached hydrogen (secondary N) is 1. The standard InChI is InChI=1S/C11H15NO2S/c1-3-8-15(13,14)9-10-4-6-11(12-2)7-5-10/h3-7,12H,1,8-9H2,2H3. The molecule has 0 saturated carbocycles. The second-order valence-electron chi connectivity index (χ2n) is 3.29. The van der Waals surface area contributed by atoms with E-state index < -0.39 is 9.84 Å². The molecule has 0 bridgehead atoms. The van der Waals surface area contributed by atoms with Crippen LogP contribution in [0.1, 0.15) is 5.56 Å². The van der Waals surface area contributed by atoms with Crippen molar-refractivity contribution in [2.45, 2.75) is 5.75 Å². The molecule has 0 aliphatic rings. The highest BCUT2D eigenvalue weighted by Crippen LogP contribution is 2.11. The van der Waals surface area contributed by atoms with Crippen molar-refractivity contribution in [3.63, 3.8) is 0 Å². The van der Waals surface area contributed by atoms with Crippen LogP contribution in [-0.2, 0) is 15.6 Å². The first-order valence-electron chi connectivity index (χ1n) is 4.65. The number of hydrogen-bond acceptors (Lipinski definition) is 3. The zero-order chi connectivity index (χ0) is 11.3.